The van der Waals surface area contributed by atoms with E-state index in [1.807, 2.05) is 12.1 Å². The molecule has 7 N–H and O–H groups in total. The number of nitrogens with zero attached hydrogens (tertiary/aromatic N) is 3. The van der Waals surface area contributed by atoms with Crippen molar-refractivity contribution in [3.05, 3.63) is 77.9 Å². The summed E-state index contributed by atoms with van der Waals surface area (Å²) in [5, 5.41) is 12.8. The van der Waals surface area contributed by atoms with Crippen molar-refractivity contribution in [2.24, 2.45) is 23.2 Å². The first-order valence-corrected chi connectivity index (χ1v) is 13.3. The normalized spacial score (nSPS) is 14.8. The summed E-state index contributed by atoms with van der Waals surface area (Å²) in [5.41, 5.74) is 12.7. The number of nitrogens with two attached hydrogens (primary N) is 3. The van der Waals surface area contributed by atoms with Crippen LogP contribution in [0.4, 0.5) is 10.1 Å². The van der Waals surface area contributed by atoms with Gasteiger partial charge >= 0.3 is 0 Å². The van der Waals surface area contributed by atoms with E-state index in [2.05, 4.69) is 18.3 Å². The molecule has 1 saturated heterocycles. The number of rotatable bonds is 7. The van der Waals surface area contributed by atoms with Crippen LogP contribution in [-0.4, -0.2) is 42.9 Å². The number of nitriles is 1. The van der Waals surface area contributed by atoms with Gasteiger partial charge in [-0.3, -0.25) is 14.6 Å². The lowest BCUT2D eigenvalue weighted by Gasteiger charge is -2.29. The molecule has 2 aliphatic rings. The first kappa shape index (κ1) is 31.3. The van der Waals surface area contributed by atoms with Crippen molar-refractivity contribution < 1.29 is 14.0 Å². The molecule has 4 rings (SSSR count). The Balaban J connectivity index is 0.000000310. The number of carbonyl (C=O) groups excluding carboxylic acids is 2. The molecule has 0 spiro atoms. The molecule has 210 valence electrons. The number of benzene rings is 2. The van der Waals surface area contributed by atoms with Crippen molar-refractivity contribution in [3.8, 4) is 6.07 Å². The number of likely N-dealkylation sites (tertiary alicyclic amines) is 1. The Bertz CT molecular complexity index is 1090. The lowest BCUT2D eigenvalue weighted by atomic mass is 9.99. The molecule has 1 aliphatic heterocycles. The lowest BCUT2D eigenvalue weighted by molar-refractivity contribution is -0.131. The zero-order valence-electron chi connectivity index (χ0n) is 22.6. The molecular formula is C29H40FN7O2. The summed E-state index contributed by atoms with van der Waals surface area (Å²) in [6, 6.07) is 15.7. The van der Waals surface area contributed by atoms with Crippen LogP contribution in [0.2, 0.25) is 0 Å². The molecular weight excluding hydrogens is 497 g/mol. The number of carbonyl (C=O) groups is 2. The number of nitrogens with one attached hydrogen (secondary N) is 1. The summed E-state index contributed by atoms with van der Waals surface area (Å²) < 4.78 is 12.4. The lowest BCUT2D eigenvalue weighted by Crippen LogP contribution is -2.44. The van der Waals surface area contributed by atoms with E-state index in [0.717, 1.165) is 18.9 Å². The van der Waals surface area contributed by atoms with Crippen molar-refractivity contribution in [2.75, 3.05) is 31.2 Å². The molecule has 2 amide bonds. The quantitative estimate of drug-likeness (QED) is 0.312. The summed E-state index contributed by atoms with van der Waals surface area (Å²) >= 11 is 0. The Kier molecular flexibility index (Phi) is 13.5. The summed E-state index contributed by atoms with van der Waals surface area (Å²) in [6.45, 7) is 3.93. The Morgan fingerprint density at radius 1 is 1.10 bits per heavy atom. The monoisotopic (exact) mass is 537 g/mol. The number of hydrazine groups is 1. The van der Waals surface area contributed by atoms with Gasteiger partial charge in [0.2, 0.25) is 5.91 Å². The van der Waals surface area contributed by atoms with E-state index < -0.39 is 0 Å². The van der Waals surface area contributed by atoms with Crippen LogP contribution in [0.3, 0.4) is 0 Å². The fourth-order valence-electron chi connectivity index (χ4n) is 3.74. The number of hydrogen-bond donors (Lipinski definition) is 4. The van der Waals surface area contributed by atoms with Crippen molar-refractivity contribution >= 4 is 17.5 Å². The maximum Gasteiger partial charge on any atom is 0.251 e. The highest BCUT2D eigenvalue weighted by Crippen LogP contribution is 2.39. The van der Waals surface area contributed by atoms with Crippen LogP contribution in [0.1, 0.15) is 60.9 Å². The summed E-state index contributed by atoms with van der Waals surface area (Å²) in [7, 11) is 0. The highest BCUT2D eigenvalue weighted by Gasteiger charge is 2.23. The fourth-order valence-corrected chi connectivity index (χ4v) is 3.74. The Hall–Kier alpha value is -3.94. The van der Waals surface area contributed by atoms with E-state index in [-0.39, 0.29) is 30.1 Å². The predicted octanol–water partition coefficient (Wildman–Crippen LogP) is 3.35. The second-order valence-electron chi connectivity index (χ2n) is 9.38. The fraction of sp³-hybridized carbons (Fsp3) is 0.414. The van der Waals surface area contributed by atoms with E-state index in [1.165, 1.54) is 47.9 Å². The molecule has 0 aromatic heterocycles. The molecule has 1 aliphatic carbocycles. The van der Waals surface area contributed by atoms with Crippen LogP contribution in [-0.2, 0) is 4.79 Å². The number of halogens is 1. The first-order valence-electron chi connectivity index (χ1n) is 13.3. The molecule has 2 fully saturated rings. The largest absolute Gasteiger partial charge is 0.403 e. The predicted molar refractivity (Wildman–Crippen MR) is 151 cm³/mol. The van der Waals surface area contributed by atoms with Crippen LogP contribution in [0.25, 0.3) is 0 Å². The zero-order valence-corrected chi connectivity index (χ0v) is 22.6. The highest BCUT2D eigenvalue weighted by molar-refractivity contribution is 5.96. The first-order chi connectivity index (χ1) is 18.8. The standard InChI is InChI=1S/C17H22N6O2.C9H9F.C3H9N/c18-7-10-23(20)15-3-1-14(2-4-15)17(25)21-12-16(24)22-8-5-13(11-19)6-9-22;10-9-5-3-8(4-6-9)7-1-2-7;1-2-3-4/h1-4,7,10,13H,5-6,8-9,12,18,20H2,(H,21,25);3-7H,1-2H2;2-4H2,1H3/b10-7-;;. The molecule has 10 heteroatoms. The zero-order chi connectivity index (χ0) is 28.6. The third kappa shape index (κ3) is 11.1. The topological polar surface area (TPSA) is 154 Å². The molecule has 1 saturated carbocycles. The summed E-state index contributed by atoms with van der Waals surface area (Å²) in [4.78, 5) is 25.9. The molecule has 9 nitrogen and oxygen atoms in total. The van der Waals surface area contributed by atoms with Gasteiger partial charge in [0.25, 0.3) is 5.91 Å². The van der Waals surface area contributed by atoms with Crippen LogP contribution < -0.4 is 27.6 Å². The molecule has 39 heavy (non-hydrogen) atoms. The van der Waals surface area contributed by atoms with E-state index >= 15 is 0 Å². The average Bonchev–Trinajstić information content (AvgIpc) is 3.82. The Labute approximate surface area is 230 Å². The summed E-state index contributed by atoms with van der Waals surface area (Å²) in [6.07, 6.45) is 7.83. The van der Waals surface area contributed by atoms with Gasteiger partial charge in [-0.2, -0.15) is 5.26 Å². The maximum absolute atomic E-state index is 12.4. The number of anilines is 1. The van der Waals surface area contributed by atoms with E-state index in [0.29, 0.717) is 37.2 Å². The minimum absolute atomic E-state index is 0.0217. The van der Waals surface area contributed by atoms with Gasteiger partial charge in [0.05, 0.1) is 18.3 Å². The van der Waals surface area contributed by atoms with Gasteiger partial charge in [-0.15, -0.1) is 0 Å². The van der Waals surface area contributed by atoms with Gasteiger partial charge in [-0.25, -0.2) is 10.2 Å². The molecule has 0 unspecified atom stereocenters. The minimum Gasteiger partial charge on any atom is -0.403 e. The smallest absolute Gasteiger partial charge is 0.251 e. The minimum atomic E-state index is -0.329. The van der Waals surface area contributed by atoms with Crippen molar-refractivity contribution in [1.82, 2.24) is 10.2 Å². The van der Waals surface area contributed by atoms with E-state index in [1.54, 1.807) is 29.2 Å². The van der Waals surface area contributed by atoms with Crippen molar-refractivity contribution in [2.45, 2.75) is 44.9 Å². The van der Waals surface area contributed by atoms with E-state index in [4.69, 9.17) is 22.6 Å². The van der Waals surface area contributed by atoms with Gasteiger partial charge in [-0.05, 0) is 86.5 Å². The average molecular weight is 538 g/mol. The maximum atomic E-state index is 12.4. The molecule has 2 aromatic rings. The Morgan fingerprint density at radius 3 is 2.18 bits per heavy atom. The molecule has 2 aromatic carbocycles. The van der Waals surface area contributed by atoms with Crippen molar-refractivity contribution in [3.63, 3.8) is 0 Å². The van der Waals surface area contributed by atoms with Gasteiger partial charge < -0.3 is 21.7 Å². The van der Waals surface area contributed by atoms with Crippen LogP contribution in [0.15, 0.2) is 60.9 Å². The van der Waals surface area contributed by atoms with Gasteiger partial charge in [0, 0.05) is 37.0 Å². The number of piperidine rings is 1. The van der Waals surface area contributed by atoms with E-state index in [9.17, 15) is 14.0 Å². The number of hydrogen-bond acceptors (Lipinski definition) is 7. The SMILES string of the molecule is CCCN.Fc1ccc(C2CC2)cc1.N#CC1CCN(C(=O)CNC(=O)c2ccc(N(N)/C=C\N)cc2)CC1. The van der Waals surface area contributed by atoms with Gasteiger partial charge in [0.1, 0.15) is 5.82 Å². The van der Waals surface area contributed by atoms with Gasteiger partial charge in [0.15, 0.2) is 0 Å². The van der Waals surface area contributed by atoms with Crippen LogP contribution in [0.5, 0.6) is 0 Å². The second-order valence-corrected chi connectivity index (χ2v) is 9.38. The third-order valence-electron chi connectivity index (χ3n) is 6.31. The van der Waals surface area contributed by atoms with Crippen molar-refractivity contribution in [1.29, 1.82) is 5.26 Å². The van der Waals surface area contributed by atoms with Gasteiger partial charge in [-0.1, -0.05) is 19.1 Å². The second kappa shape index (κ2) is 16.8. The summed E-state index contributed by atoms with van der Waals surface area (Å²) in [5.74, 6) is 5.89. The molecule has 0 radical (unpaired) electrons. The van der Waals surface area contributed by atoms with Crippen LogP contribution in [0, 0.1) is 23.1 Å². The third-order valence-corrected chi connectivity index (χ3v) is 6.31. The molecule has 1 heterocycles. The molecule has 0 atom stereocenters. The highest BCUT2D eigenvalue weighted by atomic mass is 19.1. The number of amides is 2. The molecule has 0 bridgehead atoms. The van der Waals surface area contributed by atoms with Crippen LogP contribution >= 0.6 is 0 Å². The Morgan fingerprint density at radius 2 is 1.69 bits per heavy atom.